The number of anilines is 1. The van der Waals surface area contributed by atoms with Gasteiger partial charge in [-0.2, -0.15) is 0 Å². The van der Waals surface area contributed by atoms with Crippen molar-refractivity contribution in [3.63, 3.8) is 0 Å². The van der Waals surface area contributed by atoms with Gasteiger partial charge in [-0.05, 0) is 18.6 Å². The number of pyridine rings is 1. The van der Waals surface area contributed by atoms with E-state index < -0.39 is 0 Å². The van der Waals surface area contributed by atoms with Crippen molar-refractivity contribution in [2.24, 2.45) is 5.73 Å². The molecule has 1 aromatic heterocycles. The van der Waals surface area contributed by atoms with Gasteiger partial charge in [0.1, 0.15) is 0 Å². The van der Waals surface area contributed by atoms with E-state index in [0.29, 0.717) is 12.0 Å². The Bertz CT molecular complexity index is 451. The van der Waals surface area contributed by atoms with Crippen molar-refractivity contribution in [3.05, 3.63) is 35.3 Å². The second kappa shape index (κ2) is 3.38. The Morgan fingerprint density at radius 3 is 3.00 bits per heavy atom. The lowest BCUT2D eigenvalue weighted by Crippen LogP contribution is -2.28. The summed E-state index contributed by atoms with van der Waals surface area (Å²) in [5, 5.41) is 0. The zero-order chi connectivity index (χ0) is 11.0. The molecule has 0 bridgehead atoms. The van der Waals surface area contributed by atoms with Crippen molar-refractivity contribution in [2.75, 3.05) is 11.9 Å². The molecule has 2 N–H and O–H groups in total. The fourth-order valence-corrected chi connectivity index (χ4v) is 1.85. The van der Waals surface area contributed by atoms with Crippen molar-refractivity contribution in [1.29, 1.82) is 0 Å². The third-order valence-corrected chi connectivity index (χ3v) is 2.84. The fraction of sp³-hybridized carbons (Fsp3) is 0.273. The molecule has 0 aliphatic carbocycles. The maximum Gasteiger partial charge on any atom is 0.246 e. The molecular formula is C11H13N3O. The first kappa shape index (κ1) is 9.71. The minimum atomic E-state index is -0.353. The van der Waals surface area contributed by atoms with E-state index in [0.717, 1.165) is 16.9 Å². The molecule has 4 nitrogen and oxygen atoms in total. The molecule has 0 atom stereocenters. The van der Waals surface area contributed by atoms with Crippen LogP contribution in [0, 0.1) is 0 Å². The number of rotatable bonds is 1. The van der Waals surface area contributed by atoms with Gasteiger partial charge in [-0.1, -0.05) is 0 Å². The van der Waals surface area contributed by atoms with Crippen LogP contribution in [0.25, 0.3) is 0 Å². The smallest absolute Gasteiger partial charge is 0.246 e. The number of nitrogens with zero attached hydrogens (tertiary/aromatic N) is 2. The average molecular weight is 203 g/mol. The molecule has 2 heterocycles. The van der Waals surface area contributed by atoms with E-state index in [4.69, 9.17) is 5.73 Å². The number of fused-ring (bicyclic) bond motifs is 1. The number of hydrogen-bond donors (Lipinski definition) is 1. The van der Waals surface area contributed by atoms with E-state index >= 15 is 0 Å². The number of hydrogen-bond acceptors (Lipinski definition) is 3. The molecule has 15 heavy (non-hydrogen) atoms. The van der Waals surface area contributed by atoms with Gasteiger partial charge in [-0.15, -0.1) is 0 Å². The maximum atomic E-state index is 11.2. The van der Waals surface area contributed by atoms with Crippen LogP contribution >= 0.6 is 0 Å². The van der Waals surface area contributed by atoms with Crippen molar-refractivity contribution < 1.29 is 4.79 Å². The Morgan fingerprint density at radius 1 is 1.60 bits per heavy atom. The summed E-state index contributed by atoms with van der Waals surface area (Å²) < 4.78 is 0. The molecule has 0 saturated heterocycles. The first-order valence-corrected chi connectivity index (χ1v) is 4.77. The summed E-state index contributed by atoms with van der Waals surface area (Å²) in [6, 6.07) is 1.94. The van der Waals surface area contributed by atoms with E-state index in [1.54, 1.807) is 12.4 Å². The van der Waals surface area contributed by atoms with Gasteiger partial charge >= 0.3 is 0 Å². The lowest BCUT2D eigenvalue weighted by Gasteiger charge is -2.29. The number of nitrogens with two attached hydrogens (primary N) is 1. The first-order valence-electron chi connectivity index (χ1n) is 4.77. The second-order valence-corrected chi connectivity index (χ2v) is 3.67. The van der Waals surface area contributed by atoms with Crippen LogP contribution in [0.3, 0.4) is 0 Å². The quantitative estimate of drug-likeness (QED) is 0.735. The van der Waals surface area contributed by atoms with E-state index in [1.165, 1.54) is 0 Å². The lowest BCUT2D eigenvalue weighted by atomic mass is 9.98. The van der Waals surface area contributed by atoms with E-state index in [2.05, 4.69) is 4.98 Å². The molecule has 1 aliphatic heterocycles. The summed E-state index contributed by atoms with van der Waals surface area (Å²) in [6.45, 7) is 1.91. The standard InChI is InChI=1S/C11H13N3O/c1-7-9(11(12)15)5-8-6-13-4-3-10(8)14(7)2/h3-4,6H,5H2,1-2H3,(H2,12,15). The largest absolute Gasteiger partial charge is 0.366 e. The van der Waals surface area contributed by atoms with Crippen LogP contribution in [0.1, 0.15) is 12.5 Å². The molecule has 0 aromatic carbocycles. The minimum absolute atomic E-state index is 0.353. The molecule has 78 valence electrons. The molecule has 1 amide bonds. The van der Waals surface area contributed by atoms with Gasteiger partial charge in [0.25, 0.3) is 0 Å². The van der Waals surface area contributed by atoms with Crippen LogP contribution < -0.4 is 10.6 Å². The van der Waals surface area contributed by atoms with Gasteiger partial charge < -0.3 is 10.6 Å². The maximum absolute atomic E-state index is 11.2. The topological polar surface area (TPSA) is 59.2 Å². The molecule has 1 aromatic rings. The molecule has 0 spiro atoms. The average Bonchev–Trinajstić information content (AvgIpc) is 2.23. The van der Waals surface area contributed by atoms with Gasteiger partial charge in [0.15, 0.2) is 0 Å². The molecule has 0 fully saturated rings. The highest BCUT2D eigenvalue weighted by Gasteiger charge is 2.22. The summed E-state index contributed by atoms with van der Waals surface area (Å²) >= 11 is 0. The summed E-state index contributed by atoms with van der Waals surface area (Å²) in [7, 11) is 1.93. The molecule has 0 radical (unpaired) electrons. The zero-order valence-corrected chi connectivity index (χ0v) is 8.82. The predicted molar refractivity (Wildman–Crippen MR) is 58.2 cm³/mol. The molecule has 2 rings (SSSR count). The number of amides is 1. The predicted octanol–water partition coefficient (Wildman–Crippen LogP) is 0.833. The number of allylic oxidation sites excluding steroid dienone is 1. The van der Waals surface area contributed by atoms with Crippen molar-refractivity contribution >= 4 is 11.6 Å². The SMILES string of the molecule is CC1=C(C(N)=O)Cc2cnccc2N1C. The van der Waals surface area contributed by atoms with Gasteiger partial charge in [0, 0.05) is 42.8 Å². The Hall–Kier alpha value is -1.84. The highest BCUT2D eigenvalue weighted by molar-refractivity contribution is 5.95. The Labute approximate surface area is 88.4 Å². The first-order chi connectivity index (χ1) is 7.11. The summed E-state index contributed by atoms with van der Waals surface area (Å²) in [5.74, 6) is -0.353. The Balaban J connectivity index is 2.52. The summed E-state index contributed by atoms with van der Waals surface area (Å²) in [5.41, 5.74) is 9.05. The van der Waals surface area contributed by atoms with Crippen LogP contribution in [0.2, 0.25) is 0 Å². The monoisotopic (exact) mass is 203 g/mol. The van der Waals surface area contributed by atoms with Crippen LogP contribution in [0.5, 0.6) is 0 Å². The molecule has 0 saturated carbocycles. The Morgan fingerprint density at radius 2 is 2.33 bits per heavy atom. The molecule has 1 aliphatic rings. The third kappa shape index (κ3) is 1.48. The van der Waals surface area contributed by atoms with Gasteiger partial charge in [0.05, 0.1) is 0 Å². The van der Waals surface area contributed by atoms with E-state index in [9.17, 15) is 4.79 Å². The van der Waals surface area contributed by atoms with E-state index in [1.807, 2.05) is 24.9 Å². The number of carbonyl (C=O) groups excluding carboxylic acids is 1. The summed E-state index contributed by atoms with van der Waals surface area (Å²) in [4.78, 5) is 17.3. The van der Waals surface area contributed by atoms with Gasteiger partial charge in [0.2, 0.25) is 5.91 Å². The number of aromatic nitrogens is 1. The van der Waals surface area contributed by atoms with E-state index in [-0.39, 0.29) is 5.91 Å². The Kier molecular flexibility index (Phi) is 2.19. The summed E-state index contributed by atoms with van der Waals surface area (Å²) in [6.07, 6.45) is 4.10. The molecular weight excluding hydrogens is 190 g/mol. The van der Waals surface area contributed by atoms with Crippen LogP contribution in [0.15, 0.2) is 29.7 Å². The third-order valence-electron chi connectivity index (χ3n) is 2.84. The number of carbonyl (C=O) groups is 1. The zero-order valence-electron chi connectivity index (χ0n) is 8.82. The fourth-order valence-electron chi connectivity index (χ4n) is 1.85. The highest BCUT2D eigenvalue weighted by atomic mass is 16.1. The van der Waals surface area contributed by atoms with Gasteiger partial charge in [-0.3, -0.25) is 9.78 Å². The van der Waals surface area contributed by atoms with Crippen LogP contribution in [0.4, 0.5) is 5.69 Å². The van der Waals surface area contributed by atoms with Crippen LogP contribution in [-0.2, 0) is 11.2 Å². The molecule has 4 heteroatoms. The van der Waals surface area contributed by atoms with Crippen LogP contribution in [-0.4, -0.2) is 17.9 Å². The minimum Gasteiger partial charge on any atom is -0.366 e. The second-order valence-electron chi connectivity index (χ2n) is 3.67. The van der Waals surface area contributed by atoms with Crippen molar-refractivity contribution in [3.8, 4) is 0 Å². The van der Waals surface area contributed by atoms with Crippen molar-refractivity contribution in [2.45, 2.75) is 13.3 Å². The van der Waals surface area contributed by atoms with Gasteiger partial charge in [-0.25, -0.2) is 0 Å². The number of primary amides is 1. The lowest BCUT2D eigenvalue weighted by molar-refractivity contribution is -0.114. The highest BCUT2D eigenvalue weighted by Crippen LogP contribution is 2.30. The normalized spacial score (nSPS) is 15.2. The molecule has 0 unspecified atom stereocenters. The van der Waals surface area contributed by atoms with Crippen molar-refractivity contribution in [1.82, 2.24) is 4.98 Å².